The number of aromatic nitrogens is 2. The van der Waals surface area contributed by atoms with E-state index in [0.29, 0.717) is 6.54 Å². The van der Waals surface area contributed by atoms with Crippen LogP contribution in [0, 0.1) is 0 Å². The molecule has 2 heterocycles. The van der Waals surface area contributed by atoms with Crippen LogP contribution in [0.1, 0.15) is 25.5 Å². The molecule has 0 aliphatic rings. The third-order valence-corrected chi connectivity index (χ3v) is 2.53. The van der Waals surface area contributed by atoms with E-state index < -0.39 is 0 Å². The Labute approximate surface area is 107 Å². The second-order valence-electron chi connectivity index (χ2n) is 4.00. The second-order valence-corrected chi connectivity index (χ2v) is 4.00. The van der Waals surface area contributed by atoms with Crippen molar-refractivity contribution in [1.82, 2.24) is 9.97 Å². The molecule has 5 heteroatoms. The summed E-state index contributed by atoms with van der Waals surface area (Å²) in [6.07, 6.45) is 5.52. The molecule has 2 aromatic heterocycles. The van der Waals surface area contributed by atoms with Crippen LogP contribution in [0.2, 0.25) is 0 Å². The molecule has 0 saturated heterocycles. The lowest BCUT2D eigenvalue weighted by atomic mass is 10.3. The Kier molecular flexibility index (Phi) is 4.58. The first-order valence-electron chi connectivity index (χ1n) is 6.20. The third kappa shape index (κ3) is 3.76. The Morgan fingerprint density at radius 1 is 1.22 bits per heavy atom. The fourth-order valence-corrected chi connectivity index (χ4v) is 1.53. The minimum absolute atomic E-state index is 0.623. The topological polar surface area (TPSA) is 63.0 Å². The van der Waals surface area contributed by atoms with Crippen LogP contribution < -0.4 is 10.6 Å². The molecule has 96 valence electrons. The van der Waals surface area contributed by atoms with Gasteiger partial charge in [-0.1, -0.05) is 13.3 Å². The molecule has 0 spiro atoms. The maximum atomic E-state index is 5.24. The van der Waals surface area contributed by atoms with Gasteiger partial charge in [-0.25, -0.2) is 9.97 Å². The van der Waals surface area contributed by atoms with Gasteiger partial charge in [-0.3, -0.25) is 0 Å². The summed E-state index contributed by atoms with van der Waals surface area (Å²) < 4.78 is 5.24. The van der Waals surface area contributed by atoms with Crippen LogP contribution in [0.3, 0.4) is 0 Å². The molecule has 0 atom stereocenters. The van der Waals surface area contributed by atoms with Crippen LogP contribution in [0.15, 0.2) is 35.2 Å². The lowest BCUT2D eigenvalue weighted by molar-refractivity contribution is 0.518. The molecule has 0 aliphatic carbocycles. The van der Waals surface area contributed by atoms with Crippen LogP contribution in [-0.4, -0.2) is 16.5 Å². The van der Waals surface area contributed by atoms with E-state index in [0.717, 1.165) is 30.4 Å². The fraction of sp³-hybridized carbons (Fsp3) is 0.385. The van der Waals surface area contributed by atoms with Crippen molar-refractivity contribution in [1.29, 1.82) is 0 Å². The Bertz CT molecular complexity index is 456. The lowest BCUT2D eigenvalue weighted by Crippen LogP contribution is -2.05. The zero-order valence-corrected chi connectivity index (χ0v) is 10.5. The zero-order valence-electron chi connectivity index (χ0n) is 10.5. The first-order valence-corrected chi connectivity index (χ1v) is 6.20. The van der Waals surface area contributed by atoms with E-state index in [1.165, 1.54) is 6.42 Å². The molecule has 0 unspecified atom stereocenters. The molecule has 0 saturated carbocycles. The smallest absolute Gasteiger partial charge is 0.131 e. The third-order valence-electron chi connectivity index (χ3n) is 2.53. The molecular formula is C13H18N4O. The standard InChI is InChI=1S/C13H18N4O/c1-2-3-6-14-12-8-13(17-10-16-12)15-9-11-5-4-7-18-11/h4-5,7-8,10H,2-3,6,9H2,1H3,(H2,14,15,16,17). The van der Waals surface area contributed by atoms with Gasteiger partial charge in [-0.15, -0.1) is 0 Å². The number of hydrogen-bond donors (Lipinski definition) is 2. The second kappa shape index (κ2) is 6.64. The van der Waals surface area contributed by atoms with Gasteiger partial charge >= 0.3 is 0 Å². The fourth-order valence-electron chi connectivity index (χ4n) is 1.53. The summed E-state index contributed by atoms with van der Waals surface area (Å²) in [6, 6.07) is 5.70. The summed E-state index contributed by atoms with van der Waals surface area (Å²) in [5.41, 5.74) is 0. The first-order chi connectivity index (χ1) is 8.88. The molecule has 18 heavy (non-hydrogen) atoms. The van der Waals surface area contributed by atoms with Crippen LogP contribution in [-0.2, 0) is 6.54 Å². The van der Waals surface area contributed by atoms with Crippen LogP contribution in [0.25, 0.3) is 0 Å². The van der Waals surface area contributed by atoms with Crippen molar-refractivity contribution in [2.24, 2.45) is 0 Å². The summed E-state index contributed by atoms with van der Waals surface area (Å²) >= 11 is 0. The normalized spacial score (nSPS) is 10.3. The van der Waals surface area contributed by atoms with Crippen LogP contribution >= 0.6 is 0 Å². The molecule has 0 radical (unpaired) electrons. The van der Waals surface area contributed by atoms with E-state index in [9.17, 15) is 0 Å². The quantitative estimate of drug-likeness (QED) is 0.735. The van der Waals surface area contributed by atoms with Gasteiger partial charge in [0.2, 0.25) is 0 Å². The highest BCUT2D eigenvalue weighted by molar-refractivity contribution is 5.46. The number of hydrogen-bond acceptors (Lipinski definition) is 5. The molecule has 0 aromatic carbocycles. The van der Waals surface area contributed by atoms with Crippen molar-refractivity contribution in [3.8, 4) is 0 Å². The predicted molar refractivity (Wildman–Crippen MR) is 71.5 cm³/mol. The highest BCUT2D eigenvalue weighted by Crippen LogP contribution is 2.10. The number of unbranched alkanes of at least 4 members (excludes halogenated alkanes) is 1. The van der Waals surface area contributed by atoms with Gasteiger partial charge < -0.3 is 15.1 Å². The van der Waals surface area contributed by atoms with Gasteiger partial charge in [0.25, 0.3) is 0 Å². The minimum Gasteiger partial charge on any atom is -0.467 e. The maximum absolute atomic E-state index is 5.24. The van der Waals surface area contributed by atoms with E-state index in [2.05, 4.69) is 27.5 Å². The van der Waals surface area contributed by atoms with Crippen molar-refractivity contribution >= 4 is 11.6 Å². The Morgan fingerprint density at radius 2 is 2.06 bits per heavy atom. The zero-order chi connectivity index (χ0) is 12.6. The molecule has 0 fully saturated rings. The monoisotopic (exact) mass is 246 g/mol. The molecule has 5 nitrogen and oxygen atoms in total. The number of nitrogens with one attached hydrogen (secondary N) is 2. The lowest BCUT2D eigenvalue weighted by Gasteiger charge is -2.07. The molecule has 0 aliphatic heterocycles. The van der Waals surface area contributed by atoms with Crippen molar-refractivity contribution in [3.05, 3.63) is 36.5 Å². The van der Waals surface area contributed by atoms with E-state index in [1.54, 1.807) is 12.6 Å². The average Bonchev–Trinajstić information content (AvgIpc) is 2.90. The van der Waals surface area contributed by atoms with Crippen LogP contribution in [0.5, 0.6) is 0 Å². The number of nitrogens with zero attached hydrogens (tertiary/aromatic N) is 2. The van der Waals surface area contributed by atoms with Gasteiger partial charge in [-0.05, 0) is 18.6 Å². The van der Waals surface area contributed by atoms with Gasteiger partial charge in [-0.2, -0.15) is 0 Å². The summed E-state index contributed by atoms with van der Waals surface area (Å²) in [4.78, 5) is 8.33. The Morgan fingerprint density at radius 3 is 2.78 bits per heavy atom. The highest BCUT2D eigenvalue weighted by atomic mass is 16.3. The Balaban J connectivity index is 1.86. The molecular weight excluding hydrogens is 228 g/mol. The summed E-state index contributed by atoms with van der Waals surface area (Å²) in [5.74, 6) is 2.52. The average molecular weight is 246 g/mol. The van der Waals surface area contributed by atoms with Crippen molar-refractivity contribution in [2.75, 3.05) is 17.2 Å². The number of furan rings is 1. The molecule has 0 amide bonds. The SMILES string of the molecule is CCCCNc1cc(NCc2ccco2)ncn1. The van der Waals surface area contributed by atoms with Gasteiger partial charge in [0.15, 0.2) is 0 Å². The Hall–Kier alpha value is -2.04. The largest absolute Gasteiger partial charge is 0.467 e. The van der Waals surface area contributed by atoms with E-state index in [-0.39, 0.29) is 0 Å². The van der Waals surface area contributed by atoms with Crippen molar-refractivity contribution in [2.45, 2.75) is 26.3 Å². The number of anilines is 2. The van der Waals surface area contributed by atoms with Gasteiger partial charge in [0, 0.05) is 12.6 Å². The van der Waals surface area contributed by atoms with E-state index in [1.807, 2.05) is 18.2 Å². The summed E-state index contributed by atoms with van der Waals surface area (Å²) in [7, 11) is 0. The van der Waals surface area contributed by atoms with Crippen LogP contribution in [0.4, 0.5) is 11.6 Å². The molecule has 2 aromatic rings. The molecule has 0 bridgehead atoms. The molecule has 2 N–H and O–H groups in total. The minimum atomic E-state index is 0.623. The first kappa shape index (κ1) is 12.4. The highest BCUT2D eigenvalue weighted by Gasteiger charge is 1.99. The number of rotatable bonds is 7. The van der Waals surface area contributed by atoms with E-state index in [4.69, 9.17) is 4.42 Å². The van der Waals surface area contributed by atoms with Gasteiger partial charge in [0.1, 0.15) is 23.7 Å². The summed E-state index contributed by atoms with van der Waals surface area (Å²) in [6.45, 7) is 3.72. The maximum Gasteiger partial charge on any atom is 0.131 e. The molecule has 2 rings (SSSR count). The van der Waals surface area contributed by atoms with Crippen molar-refractivity contribution < 1.29 is 4.42 Å². The predicted octanol–water partition coefficient (Wildman–Crippen LogP) is 2.89. The van der Waals surface area contributed by atoms with E-state index >= 15 is 0 Å². The summed E-state index contributed by atoms with van der Waals surface area (Å²) in [5, 5.41) is 6.46. The van der Waals surface area contributed by atoms with Crippen molar-refractivity contribution in [3.63, 3.8) is 0 Å². The van der Waals surface area contributed by atoms with Gasteiger partial charge in [0.05, 0.1) is 12.8 Å².